The van der Waals surface area contributed by atoms with Crippen LogP contribution in [-0.4, -0.2) is 41.6 Å². The van der Waals surface area contributed by atoms with Crippen LogP contribution in [0.25, 0.3) is 0 Å². The van der Waals surface area contributed by atoms with E-state index in [4.69, 9.17) is 9.47 Å². The van der Waals surface area contributed by atoms with Crippen LogP contribution in [0.15, 0.2) is 59.5 Å². The Morgan fingerprint density at radius 2 is 1.45 bits per heavy atom. The summed E-state index contributed by atoms with van der Waals surface area (Å²) in [5.41, 5.74) is 1.60. The molecule has 40 heavy (non-hydrogen) atoms. The fraction of sp³-hybridized carbons (Fsp3) is 0.333. The maximum absolute atomic E-state index is 13.9. The van der Waals surface area contributed by atoms with Crippen LogP contribution in [0.5, 0.6) is 5.75 Å². The summed E-state index contributed by atoms with van der Waals surface area (Å²) < 4.78 is 66.0. The SMILES string of the molecule is CCOC(=O)c1ccc(OC2C[C@H]3CC[C@@H](C2)N3C(=O)c2ccc(CSc3c(F)c(F)cc(F)c3F)cc2)cc1. The number of rotatable bonds is 8. The molecule has 0 radical (unpaired) electrons. The third kappa shape index (κ3) is 5.82. The van der Waals surface area contributed by atoms with Gasteiger partial charge in [-0.3, -0.25) is 4.79 Å². The number of esters is 1. The van der Waals surface area contributed by atoms with E-state index in [1.165, 1.54) is 0 Å². The summed E-state index contributed by atoms with van der Waals surface area (Å²) in [7, 11) is 0. The largest absolute Gasteiger partial charge is 0.490 e. The van der Waals surface area contributed by atoms with Crippen molar-refractivity contribution < 1.29 is 36.6 Å². The molecule has 10 heteroatoms. The summed E-state index contributed by atoms with van der Waals surface area (Å²) in [6.45, 7) is 2.06. The highest BCUT2D eigenvalue weighted by Crippen LogP contribution is 2.38. The van der Waals surface area contributed by atoms with Gasteiger partial charge in [-0.15, -0.1) is 11.8 Å². The summed E-state index contributed by atoms with van der Waals surface area (Å²) in [5, 5.41) is 0. The average molecular weight is 574 g/mol. The summed E-state index contributed by atoms with van der Waals surface area (Å²) in [6, 6.07) is 13.8. The summed E-state index contributed by atoms with van der Waals surface area (Å²) in [6.07, 6.45) is 3.10. The standard InChI is InChI=1S/C30H27F4NO4S/c1-2-38-30(37)19-7-11-22(12-8-19)39-23-13-20-9-10-21(14-23)35(20)29(36)18-5-3-17(4-6-18)16-40-28-26(33)24(31)15-25(32)27(28)34/h3-8,11-12,15,20-21,23H,2,9-10,13-14,16H2,1H3/t20-,21+,23?. The Hall–Kier alpha value is -3.53. The Morgan fingerprint density at radius 3 is 2.02 bits per heavy atom. The van der Waals surface area contributed by atoms with E-state index in [0.717, 1.165) is 12.8 Å². The zero-order valence-corrected chi connectivity index (χ0v) is 22.5. The van der Waals surface area contributed by atoms with Crippen molar-refractivity contribution in [2.24, 2.45) is 0 Å². The third-order valence-electron chi connectivity index (χ3n) is 7.25. The molecule has 210 valence electrons. The van der Waals surface area contributed by atoms with E-state index in [1.54, 1.807) is 55.5 Å². The van der Waals surface area contributed by atoms with Crippen LogP contribution in [0.1, 0.15) is 58.9 Å². The highest BCUT2D eigenvalue weighted by Gasteiger charge is 2.44. The van der Waals surface area contributed by atoms with E-state index in [0.29, 0.717) is 53.7 Å². The summed E-state index contributed by atoms with van der Waals surface area (Å²) in [5.74, 6) is -5.48. The van der Waals surface area contributed by atoms with Gasteiger partial charge in [0.2, 0.25) is 0 Å². The predicted molar refractivity (Wildman–Crippen MR) is 141 cm³/mol. The molecule has 3 aromatic rings. The first kappa shape index (κ1) is 28.0. The molecule has 2 aliphatic rings. The lowest BCUT2D eigenvalue weighted by atomic mass is 9.98. The quantitative estimate of drug-likeness (QED) is 0.127. The molecule has 2 fully saturated rings. The number of carbonyl (C=O) groups is 2. The number of fused-ring (bicyclic) bond motifs is 2. The van der Waals surface area contributed by atoms with Gasteiger partial charge in [0, 0.05) is 42.3 Å². The minimum Gasteiger partial charge on any atom is -0.490 e. The number of piperidine rings is 1. The molecular weight excluding hydrogens is 546 g/mol. The number of halogens is 4. The van der Waals surface area contributed by atoms with Gasteiger partial charge in [-0.2, -0.15) is 0 Å². The van der Waals surface area contributed by atoms with Gasteiger partial charge in [-0.25, -0.2) is 22.4 Å². The van der Waals surface area contributed by atoms with Crippen LogP contribution in [0.4, 0.5) is 17.6 Å². The number of benzene rings is 3. The number of hydrogen-bond acceptors (Lipinski definition) is 5. The minimum atomic E-state index is -1.45. The van der Waals surface area contributed by atoms with Crippen molar-refractivity contribution in [2.45, 2.75) is 61.4 Å². The molecule has 0 aliphatic carbocycles. The second-order valence-corrected chi connectivity index (χ2v) is 10.8. The van der Waals surface area contributed by atoms with Gasteiger partial charge in [0.05, 0.1) is 17.1 Å². The van der Waals surface area contributed by atoms with Crippen LogP contribution >= 0.6 is 11.8 Å². The van der Waals surface area contributed by atoms with Crippen molar-refractivity contribution in [1.29, 1.82) is 0 Å². The number of thioether (sulfide) groups is 1. The lowest BCUT2D eigenvalue weighted by Crippen LogP contribution is -2.49. The minimum absolute atomic E-state index is 0.0408. The van der Waals surface area contributed by atoms with E-state index in [9.17, 15) is 27.2 Å². The van der Waals surface area contributed by atoms with Crippen molar-refractivity contribution in [3.63, 3.8) is 0 Å². The molecule has 5 nitrogen and oxygen atoms in total. The molecule has 3 atom stereocenters. The Morgan fingerprint density at radius 1 is 0.875 bits per heavy atom. The van der Waals surface area contributed by atoms with Crippen molar-refractivity contribution in [3.05, 3.63) is 94.6 Å². The number of carbonyl (C=O) groups excluding carboxylic acids is 2. The maximum Gasteiger partial charge on any atom is 0.338 e. The predicted octanol–water partition coefficient (Wildman–Crippen LogP) is 6.93. The molecule has 0 spiro atoms. The molecule has 2 bridgehead atoms. The topological polar surface area (TPSA) is 55.8 Å². The highest BCUT2D eigenvalue weighted by atomic mass is 32.2. The zero-order valence-electron chi connectivity index (χ0n) is 21.7. The van der Waals surface area contributed by atoms with Gasteiger partial charge in [0.25, 0.3) is 5.91 Å². The van der Waals surface area contributed by atoms with E-state index >= 15 is 0 Å². The van der Waals surface area contributed by atoms with Crippen LogP contribution in [0.3, 0.4) is 0 Å². The molecular formula is C30H27F4NO4S. The zero-order chi connectivity index (χ0) is 28.4. The van der Waals surface area contributed by atoms with Gasteiger partial charge in [-0.05, 0) is 61.7 Å². The lowest BCUT2D eigenvalue weighted by Gasteiger charge is -2.39. The number of hydrogen-bond donors (Lipinski definition) is 0. The van der Waals surface area contributed by atoms with E-state index in [1.807, 2.05) is 4.90 Å². The van der Waals surface area contributed by atoms with Crippen LogP contribution < -0.4 is 4.74 Å². The number of amides is 1. The Kier molecular flexibility index (Phi) is 8.35. The molecule has 1 amide bonds. The van der Waals surface area contributed by atoms with Gasteiger partial charge in [0.15, 0.2) is 23.3 Å². The normalized spacial score (nSPS) is 19.9. The summed E-state index contributed by atoms with van der Waals surface area (Å²) in [4.78, 5) is 26.5. The molecule has 0 aromatic heterocycles. The van der Waals surface area contributed by atoms with E-state index < -0.39 is 28.2 Å². The Balaban J connectivity index is 1.18. The van der Waals surface area contributed by atoms with Crippen molar-refractivity contribution in [3.8, 4) is 5.75 Å². The first-order valence-corrected chi connectivity index (χ1v) is 14.0. The number of nitrogens with zero attached hydrogens (tertiary/aromatic N) is 1. The molecule has 0 saturated carbocycles. The van der Waals surface area contributed by atoms with E-state index in [2.05, 4.69) is 0 Å². The third-order valence-corrected chi connectivity index (χ3v) is 8.37. The van der Waals surface area contributed by atoms with Crippen LogP contribution in [-0.2, 0) is 10.5 Å². The number of ether oxygens (including phenoxy) is 2. The van der Waals surface area contributed by atoms with Crippen molar-refractivity contribution >= 4 is 23.6 Å². The molecule has 5 rings (SSSR count). The Bertz CT molecular complexity index is 1360. The maximum atomic E-state index is 13.9. The molecule has 1 unspecified atom stereocenters. The average Bonchev–Trinajstić information content (AvgIpc) is 3.22. The highest BCUT2D eigenvalue weighted by molar-refractivity contribution is 7.98. The van der Waals surface area contributed by atoms with Crippen molar-refractivity contribution in [1.82, 2.24) is 4.90 Å². The second-order valence-electron chi connectivity index (χ2n) is 9.84. The second kappa shape index (κ2) is 11.9. The molecule has 0 N–H and O–H groups in total. The first-order valence-electron chi connectivity index (χ1n) is 13.1. The van der Waals surface area contributed by atoms with Crippen LogP contribution in [0.2, 0.25) is 0 Å². The fourth-order valence-electron chi connectivity index (χ4n) is 5.36. The van der Waals surface area contributed by atoms with Gasteiger partial charge >= 0.3 is 5.97 Å². The Labute approximate surface area is 233 Å². The molecule has 2 saturated heterocycles. The van der Waals surface area contributed by atoms with Crippen molar-refractivity contribution in [2.75, 3.05) is 6.61 Å². The molecule has 2 heterocycles. The van der Waals surface area contributed by atoms with Gasteiger partial charge in [0.1, 0.15) is 11.9 Å². The molecule has 2 aliphatic heterocycles. The smallest absolute Gasteiger partial charge is 0.338 e. The lowest BCUT2D eigenvalue weighted by molar-refractivity contribution is 0.0359. The van der Waals surface area contributed by atoms with E-state index in [-0.39, 0.29) is 41.9 Å². The monoisotopic (exact) mass is 573 g/mol. The van der Waals surface area contributed by atoms with Crippen LogP contribution in [0, 0.1) is 23.3 Å². The molecule has 3 aromatic carbocycles. The van der Waals surface area contributed by atoms with Gasteiger partial charge < -0.3 is 14.4 Å². The van der Waals surface area contributed by atoms with Gasteiger partial charge in [-0.1, -0.05) is 12.1 Å². The first-order chi connectivity index (χ1) is 19.2. The summed E-state index contributed by atoms with van der Waals surface area (Å²) >= 11 is 0.651. The fourth-order valence-corrected chi connectivity index (χ4v) is 6.31.